The maximum absolute atomic E-state index is 14.1. The topological polar surface area (TPSA) is 59.8 Å². The molecule has 5 aromatic rings. The minimum atomic E-state index is -0.345. The molecule has 0 aliphatic rings. The van der Waals surface area contributed by atoms with Crippen molar-refractivity contribution in [1.82, 2.24) is 20.1 Å². The smallest absolute Gasteiger partial charge is 0.252 e. The predicted octanol–water partition coefficient (Wildman–Crippen LogP) is 6.59. The Morgan fingerprint density at radius 2 is 1.72 bits per heavy atom. The number of amides is 1. The highest BCUT2D eigenvalue weighted by Gasteiger charge is 2.18. The number of hydrogen-bond acceptors (Lipinski definition) is 3. The zero-order chi connectivity index (χ0) is 25.2. The first-order chi connectivity index (χ1) is 17.4. The molecular formula is C30H27FN4O. The maximum Gasteiger partial charge on any atom is 0.252 e. The number of nitrogens with one attached hydrogen (secondary N) is 1. The molecule has 0 saturated carbocycles. The van der Waals surface area contributed by atoms with E-state index in [1.165, 1.54) is 11.6 Å². The molecule has 0 radical (unpaired) electrons. The van der Waals surface area contributed by atoms with Gasteiger partial charge < -0.3 is 5.32 Å². The van der Waals surface area contributed by atoms with Gasteiger partial charge in [0.1, 0.15) is 5.82 Å². The fourth-order valence-electron chi connectivity index (χ4n) is 4.34. The normalized spacial score (nSPS) is 11.2. The second kappa shape index (κ2) is 9.74. The van der Waals surface area contributed by atoms with Crippen LogP contribution in [0.5, 0.6) is 0 Å². The molecule has 2 aromatic heterocycles. The van der Waals surface area contributed by atoms with Crippen LogP contribution in [0.15, 0.2) is 85.1 Å². The summed E-state index contributed by atoms with van der Waals surface area (Å²) >= 11 is 0. The Labute approximate surface area is 209 Å². The molecule has 1 amide bonds. The van der Waals surface area contributed by atoms with Crippen molar-refractivity contribution in [3.63, 3.8) is 0 Å². The average molecular weight is 479 g/mol. The Morgan fingerprint density at radius 3 is 2.47 bits per heavy atom. The molecule has 3 aromatic carbocycles. The van der Waals surface area contributed by atoms with E-state index in [0.717, 1.165) is 22.3 Å². The van der Waals surface area contributed by atoms with Crippen LogP contribution in [-0.2, 0) is 6.54 Å². The summed E-state index contributed by atoms with van der Waals surface area (Å²) in [7, 11) is 0. The number of aromatic nitrogens is 3. The summed E-state index contributed by atoms with van der Waals surface area (Å²) in [6.45, 7) is 6.43. The van der Waals surface area contributed by atoms with Gasteiger partial charge >= 0.3 is 0 Å². The lowest BCUT2D eigenvalue weighted by atomic mass is 10.0. The molecule has 5 rings (SSSR count). The van der Waals surface area contributed by atoms with Crippen molar-refractivity contribution >= 4 is 16.8 Å². The fourth-order valence-corrected chi connectivity index (χ4v) is 4.34. The molecule has 2 heterocycles. The number of fused-ring (bicyclic) bond motifs is 1. The summed E-state index contributed by atoms with van der Waals surface area (Å²) in [5, 5.41) is 8.21. The summed E-state index contributed by atoms with van der Waals surface area (Å²) in [4.78, 5) is 18.1. The summed E-state index contributed by atoms with van der Waals surface area (Å²) < 4.78 is 15.9. The van der Waals surface area contributed by atoms with Gasteiger partial charge in [0.2, 0.25) is 0 Å². The van der Waals surface area contributed by atoms with Crippen LogP contribution in [0.4, 0.5) is 4.39 Å². The summed E-state index contributed by atoms with van der Waals surface area (Å²) in [5.74, 6) is -0.173. The summed E-state index contributed by atoms with van der Waals surface area (Å²) in [5.41, 5.74) is 6.29. The monoisotopic (exact) mass is 478 g/mol. The van der Waals surface area contributed by atoms with Crippen LogP contribution in [0.3, 0.4) is 0 Å². The van der Waals surface area contributed by atoms with Crippen molar-refractivity contribution in [2.24, 2.45) is 0 Å². The molecular weight excluding hydrogens is 451 g/mol. The number of halogens is 1. The Balaban J connectivity index is 1.51. The molecule has 5 nitrogen and oxygen atoms in total. The lowest BCUT2D eigenvalue weighted by Gasteiger charge is -2.12. The second-order valence-electron chi connectivity index (χ2n) is 9.15. The van der Waals surface area contributed by atoms with Crippen LogP contribution in [0.1, 0.15) is 46.9 Å². The van der Waals surface area contributed by atoms with Gasteiger partial charge in [-0.2, -0.15) is 5.10 Å². The first kappa shape index (κ1) is 23.4. The van der Waals surface area contributed by atoms with Crippen LogP contribution < -0.4 is 5.32 Å². The Kier molecular flexibility index (Phi) is 6.34. The number of benzene rings is 3. The van der Waals surface area contributed by atoms with E-state index in [2.05, 4.69) is 48.5 Å². The molecule has 0 bridgehead atoms. The molecule has 180 valence electrons. The first-order valence-electron chi connectivity index (χ1n) is 12.0. The SMILES string of the molecule is Cc1c(-c2cc(C(=O)NCc3ccccc3F)c3ccccc3n2)cnn1-c1ccc(C(C)C)cc1. The van der Waals surface area contributed by atoms with E-state index >= 15 is 0 Å². The zero-order valence-electron chi connectivity index (χ0n) is 20.5. The molecule has 1 N–H and O–H groups in total. The molecule has 0 aliphatic heterocycles. The van der Waals surface area contributed by atoms with Gasteiger partial charge in [0.15, 0.2) is 0 Å². The second-order valence-corrected chi connectivity index (χ2v) is 9.15. The van der Waals surface area contributed by atoms with Crippen molar-refractivity contribution in [3.8, 4) is 16.9 Å². The summed E-state index contributed by atoms with van der Waals surface area (Å²) in [6.07, 6.45) is 1.78. The number of rotatable bonds is 6. The van der Waals surface area contributed by atoms with E-state index < -0.39 is 0 Å². The standard InChI is InChI=1S/C30H27FN4O/c1-19(2)21-12-14-23(15-13-21)35-20(3)26(18-33-35)29-16-25(24-9-5-7-11-28(24)34-29)30(36)32-17-22-8-4-6-10-27(22)31/h4-16,18-19H,17H2,1-3H3,(H,32,36). The average Bonchev–Trinajstić information content (AvgIpc) is 3.28. The van der Waals surface area contributed by atoms with Crippen LogP contribution in [0.25, 0.3) is 27.8 Å². The molecule has 0 saturated heterocycles. The quantitative estimate of drug-likeness (QED) is 0.300. The van der Waals surface area contributed by atoms with Crippen molar-refractivity contribution < 1.29 is 9.18 Å². The number of nitrogens with zero attached hydrogens (tertiary/aromatic N) is 3. The Bertz CT molecular complexity index is 1550. The Hall–Kier alpha value is -4.32. The van der Waals surface area contributed by atoms with Gasteiger partial charge in [-0.15, -0.1) is 0 Å². The third-order valence-electron chi connectivity index (χ3n) is 6.45. The van der Waals surface area contributed by atoms with Crippen LogP contribution in [0, 0.1) is 12.7 Å². The molecule has 0 atom stereocenters. The lowest BCUT2D eigenvalue weighted by Crippen LogP contribution is -2.23. The van der Waals surface area contributed by atoms with Crippen molar-refractivity contribution in [1.29, 1.82) is 0 Å². The van der Waals surface area contributed by atoms with Gasteiger partial charge in [-0.05, 0) is 48.7 Å². The minimum Gasteiger partial charge on any atom is -0.348 e. The molecule has 36 heavy (non-hydrogen) atoms. The minimum absolute atomic E-state index is 0.0980. The molecule has 0 aliphatic carbocycles. The highest BCUT2D eigenvalue weighted by molar-refractivity contribution is 6.07. The number of carbonyl (C=O) groups is 1. The van der Waals surface area contributed by atoms with E-state index in [1.54, 1.807) is 30.5 Å². The predicted molar refractivity (Wildman–Crippen MR) is 141 cm³/mol. The first-order valence-corrected chi connectivity index (χ1v) is 12.0. The van der Waals surface area contributed by atoms with Crippen LogP contribution in [-0.4, -0.2) is 20.7 Å². The third kappa shape index (κ3) is 4.50. The van der Waals surface area contributed by atoms with E-state index in [1.807, 2.05) is 35.9 Å². The zero-order valence-corrected chi connectivity index (χ0v) is 20.5. The number of pyridine rings is 1. The molecule has 0 spiro atoms. The largest absolute Gasteiger partial charge is 0.348 e. The van der Waals surface area contributed by atoms with Crippen LogP contribution in [0.2, 0.25) is 0 Å². The van der Waals surface area contributed by atoms with Gasteiger partial charge in [0.25, 0.3) is 5.91 Å². The Morgan fingerprint density at radius 1 is 1.00 bits per heavy atom. The third-order valence-corrected chi connectivity index (χ3v) is 6.45. The van der Waals surface area contributed by atoms with E-state index in [4.69, 9.17) is 4.98 Å². The molecule has 6 heteroatoms. The lowest BCUT2D eigenvalue weighted by molar-refractivity contribution is 0.0952. The highest BCUT2D eigenvalue weighted by Crippen LogP contribution is 2.28. The molecule has 0 unspecified atom stereocenters. The van der Waals surface area contributed by atoms with E-state index in [9.17, 15) is 9.18 Å². The van der Waals surface area contributed by atoms with Gasteiger partial charge in [0.05, 0.1) is 34.4 Å². The van der Waals surface area contributed by atoms with E-state index in [0.29, 0.717) is 28.3 Å². The van der Waals surface area contributed by atoms with Crippen molar-refractivity contribution in [2.45, 2.75) is 33.2 Å². The number of para-hydroxylation sites is 1. The van der Waals surface area contributed by atoms with Gasteiger partial charge in [0, 0.05) is 23.1 Å². The van der Waals surface area contributed by atoms with Gasteiger partial charge in [-0.25, -0.2) is 14.1 Å². The van der Waals surface area contributed by atoms with E-state index in [-0.39, 0.29) is 18.3 Å². The van der Waals surface area contributed by atoms with Crippen molar-refractivity contribution in [3.05, 3.63) is 113 Å². The van der Waals surface area contributed by atoms with Crippen LogP contribution >= 0.6 is 0 Å². The maximum atomic E-state index is 14.1. The van der Waals surface area contributed by atoms with Gasteiger partial charge in [-0.3, -0.25) is 4.79 Å². The summed E-state index contributed by atoms with van der Waals surface area (Å²) in [6, 6.07) is 24.1. The highest BCUT2D eigenvalue weighted by atomic mass is 19.1. The fraction of sp³-hybridized carbons (Fsp3) is 0.167. The van der Waals surface area contributed by atoms with Crippen molar-refractivity contribution in [2.75, 3.05) is 0 Å². The molecule has 0 fully saturated rings. The van der Waals surface area contributed by atoms with Gasteiger partial charge in [-0.1, -0.05) is 62.4 Å². The number of carbonyl (C=O) groups excluding carboxylic acids is 1. The number of hydrogen-bond donors (Lipinski definition) is 1.